The third-order valence-electron chi connectivity index (χ3n) is 14.9. The van der Waals surface area contributed by atoms with Crippen LogP contribution < -0.4 is 15.8 Å². The molecule has 72 heavy (non-hydrogen) atoms. The van der Waals surface area contributed by atoms with Gasteiger partial charge >= 0.3 is 0 Å². The molecular formula is C55H69N9O7S. The van der Waals surface area contributed by atoms with Crippen molar-refractivity contribution < 1.29 is 29.1 Å². The number of hydrogen-bond acceptors (Lipinski definition) is 13. The van der Waals surface area contributed by atoms with Gasteiger partial charge in [-0.05, 0) is 80.7 Å². The zero-order valence-electron chi connectivity index (χ0n) is 42.6. The van der Waals surface area contributed by atoms with E-state index in [9.17, 15) is 33.9 Å². The normalized spacial score (nSPS) is 18.0. The lowest BCUT2D eigenvalue weighted by molar-refractivity contribution is -0.146. The van der Waals surface area contributed by atoms with Crippen LogP contribution in [0.3, 0.4) is 0 Å². The molecule has 2 aliphatic heterocycles. The van der Waals surface area contributed by atoms with E-state index in [1.807, 2.05) is 80.7 Å². The van der Waals surface area contributed by atoms with Gasteiger partial charge in [-0.2, -0.15) is 0 Å². The second-order valence-corrected chi connectivity index (χ2v) is 21.9. The van der Waals surface area contributed by atoms with E-state index in [4.69, 9.17) is 9.97 Å². The van der Waals surface area contributed by atoms with Crippen molar-refractivity contribution in [2.45, 2.75) is 143 Å². The number of pyridine rings is 2. The molecule has 0 bridgehead atoms. The Balaban J connectivity index is 0.761. The highest BCUT2D eigenvalue weighted by molar-refractivity contribution is 7.13. The Morgan fingerprint density at radius 2 is 1.61 bits per heavy atom. The molecule has 1 saturated carbocycles. The van der Waals surface area contributed by atoms with Gasteiger partial charge in [0.05, 0.1) is 46.1 Å². The number of piperazine rings is 1. The number of aryl methyl sites for hydroxylation is 2. The number of thiazole rings is 1. The quantitative estimate of drug-likeness (QED) is 0.0655. The zero-order valence-corrected chi connectivity index (χ0v) is 43.4. The first kappa shape index (κ1) is 52.1. The predicted octanol–water partition coefficient (Wildman–Crippen LogP) is 7.33. The van der Waals surface area contributed by atoms with Crippen LogP contribution in [0, 0.1) is 25.2 Å². The van der Waals surface area contributed by atoms with E-state index in [-0.39, 0.29) is 72.4 Å². The lowest BCUT2D eigenvalue weighted by Gasteiger charge is -2.36. The molecule has 17 heteroatoms. The highest BCUT2D eigenvalue weighted by Crippen LogP contribution is 2.35. The summed E-state index contributed by atoms with van der Waals surface area (Å²) in [6.45, 7) is 13.8. The van der Waals surface area contributed by atoms with Gasteiger partial charge in [0.1, 0.15) is 23.3 Å². The van der Waals surface area contributed by atoms with Crippen molar-refractivity contribution in [2.24, 2.45) is 11.3 Å². The number of aliphatic hydroxyl groups is 1. The second kappa shape index (κ2) is 22.7. The lowest BCUT2D eigenvalue weighted by atomic mass is 9.76. The molecule has 3 aliphatic rings. The number of β-amino-alcohol motifs (C(OH)–C–C–N with tert-alkyl or cyclic N) is 1. The highest BCUT2D eigenvalue weighted by Gasteiger charge is 2.44. The number of nitrogens with zero attached hydrogens (tertiary/aromatic N) is 8. The van der Waals surface area contributed by atoms with Crippen molar-refractivity contribution in [3.05, 3.63) is 98.6 Å². The predicted molar refractivity (Wildman–Crippen MR) is 278 cm³/mol. The number of ketones is 2. The summed E-state index contributed by atoms with van der Waals surface area (Å²) in [6.07, 6.45) is 9.81. The molecule has 5 aromatic rings. The minimum atomic E-state index is -0.836. The van der Waals surface area contributed by atoms with Crippen LogP contribution in [-0.2, 0) is 32.1 Å². The molecule has 8 rings (SSSR count). The van der Waals surface area contributed by atoms with Crippen LogP contribution in [-0.4, -0.2) is 114 Å². The van der Waals surface area contributed by atoms with Gasteiger partial charge in [-0.3, -0.25) is 38.3 Å². The molecule has 3 amide bonds. The van der Waals surface area contributed by atoms with Crippen molar-refractivity contribution >= 4 is 57.3 Å². The maximum absolute atomic E-state index is 14.1. The number of anilines is 1. The molecule has 6 heterocycles. The van der Waals surface area contributed by atoms with E-state index in [0.717, 1.165) is 64.1 Å². The smallest absolute Gasteiger partial charge is 0.263 e. The second-order valence-electron chi connectivity index (χ2n) is 21.0. The number of rotatable bonds is 18. The molecule has 1 aromatic carbocycles. The van der Waals surface area contributed by atoms with Crippen molar-refractivity contribution in [2.75, 3.05) is 37.6 Å². The van der Waals surface area contributed by atoms with E-state index in [1.54, 1.807) is 29.0 Å². The number of aromatic nitrogens is 5. The van der Waals surface area contributed by atoms with Crippen LogP contribution in [0.5, 0.6) is 0 Å². The number of carbonyl (C=O) groups excluding carboxylic acids is 5. The minimum absolute atomic E-state index is 0.00867. The summed E-state index contributed by atoms with van der Waals surface area (Å²) in [5.41, 5.74) is 7.09. The zero-order chi connectivity index (χ0) is 51.3. The minimum Gasteiger partial charge on any atom is -0.391 e. The third-order valence-corrected chi connectivity index (χ3v) is 15.8. The summed E-state index contributed by atoms with van der Waals surface area (Å²) in [5, 5.41) is 14.3. The molecule has 2 N–H and O–H groups in total. The van der Waals surface area contributed by atoms with Gasteiger partial charge in [-0.25, -0.2) is 15.0 Å². The Morgan fingerprint density at radius 1 is 0.889 bits per heavy atom. The average molecular weight is 1000 g/mol. The molecule has 2 saturated heterocycles. The largest absolute Gasteiger partial charge is 0.391 e. The van der Waals surface area contributed by atoms with Gasteiger partial charge in [0.15, 0.2) is 5.78 Å². The fraction of sp³-hybridized carbons (Fsp3) is 0.527. The van der Waals surface area contributed by atoms with Crippen LogP contribution in [0.4, 0.5) is 5.69 Å². The number of unbranched alkanes of at least 4 members (excludes halogenated alkanes) is 2. The summed E-state index contributed by atoms with van der Waals surface area (Å²) >= 11 is 1.58. The van der Waals surface area contributed by atoms with Crippen LogP contribution in [0.1, 0.15) is 143 Å². The number of hydrogen-bond donors (Lipinski definition) is 2. The van der Waals surface area contributed by atoms with Crippen LogP contribution in [0.25, 0.3) is 21.5 Å². The van der Waals surface area contributed by atoms with Crippen LogP contribution >= 0.6 is 11.3 Å². The molecule has 3 fully saturated rings. The number of aliphatic hydroxyl groups excluding tert-OH is 1. The Bertz CT molecular complexity index is 2840. The van der Waals surface area contributed by atoms with Crippen molar-refractivity contribution in [3.8, 4) is 10.4 Å². The van der Waals surface area contributed by atoms with Gasteiger partial charge in [-0.1, -0.05) is 64.3 Å². The highest BCUT2D eigenvalue weighted by atomic mass is 32.1. The van der Waals surface area contributed by atoms with Gasteiger partial charge in [0.25, 0.3) is 5.56 Å². The summed E-state index contributed by atoms with van der Waals surface area (Å²) in [5.74, 6) is -0.909. The number of nitrogens with one attached hydrogen (secondary N) is 1. The molecule has 4 aromatic heterocycles. The lowest BCUT2D eigenvalue weighted by Crippen LogP contribution is -2.50. The third kappa shape index (κ3) is 12.0. The number of fused-ring (bicyclic) bond motifs is 1. The molecule has 16 nitrogen and oxygen atoms in total. The van der Waals surface area contributed by atoms with Crippen molar-refractivity contribution in [1.82, 2.24) is 39.6 Å². The summed E-state index contributed by atoms with van der Waals surface area (Å²) in [6, 6.07) is 11.1. The van der Waals surface area contributed by atoms with E-state index < -0.39 is 23.5 Å². The molecule has 0 unspecified atom stereocenters. The Kier molecular flexibility index (Phi) is 16.4. The van der Waals surface area contributed by atoms with Crippen molar-refractivity contribution in [1.29, 1.82) is 0 Å². The van der Waals surface area contributed by atoms with Crippen LogP contribution in [0.15, 0.2) is 59.1 Å². The number of amides is 3. The average Bonchev–Trinajstić information content (AvgIpc) is 4.14. The van der Waals surface area contributed by atoms with E-state index >= 15 is 0 Å². The topological polar surface area (TPSA) is 201 Å². The number of carbonyl (C=O) groups is 5. The molecular weight excluding hydrogens is 931 g/mol. The van der Waals surface area contributed by atoms with Gasteiger partial charge < -0.3 is 25.1 Å². The summed E-state index contributed by atoms with van der Waals surface area (Å²) in [4.78, 5) is 106. The maximum atomic E-state index is 14.1. The molecule has 3 atom stereocenters. The molecule has 382 valence electrons. The van der Waals surface area contributed by atoms with Gasteiger partial charge in [0.2, 0.25) is 17.7 Å². The fourth-order valence-electron chi connectivity index (χ4n) is 10.6. The monoisotopic (exact) mass is 1000 g/mol. The van der Waals surface area contributed by atoms with Gasteiger partial charge in [0, 0.05) is 94.2 Å². The van der Waals surface area contributed by atoms with E-state index in [0.29, 0.717) is 81.7 Å². The first-order valence-corrected chi connectivity index (χ1v) is 26.5. The first-order chi connectivity index (χ1) is 34.5. The number of Topliss-reactive ketones (excluding diaryl/α,β-unsaturated/α-hetero) is 2. The molecule has 0 spiro atoms. The van der Waals surface area contributed by atoms with Gasteiger partial charge in [-0.15, -0.1) is 11.3 Å². The Hall–Kier alpha value is -6.20. The van der Waals surface area contributed by atoms with E-state index in [2.05, 4.69) is 20.2 Å². The van der Waals surface area contributed by atoms with E-state index in [1.165, 1.54) is 11.8 Å². The van der Waals surface area contributed by atoms with Crippen molar-refractivity contribution in [3.63, 3.8) is 0 Å². The SMILES string of the molecule is CC(=O)c1c(C)c2cnc(Cc3ccc(N4CCN(C(=O)CCCCCC(=O)C[C@H](C(=O)N5C[C@H](O)C[C@H]5C(=O)NCc5ccc(-c6scnc6C)cc5)C(C)(C)C)CC4)cn3)nc2n(C2CCCC2)c1=O. The molecule has 0 radical (unpaired) electrons. The number of likely N-dealkylation sites (tertiary alicyclic amines) is 1. The fourth-order valence-corrected chi connectivity index (χ4v) is 11.5. The van der Waals surface area contributed by atoms with Crippen LogP contribution in [0.2, 0.25) is 0 Å². The molecule has 1 aliphatic carbocycles. The number of benzene rings is 1. The maximum Gasteiger partial charge on any atom is 0.263 e. The Morgan fingerprint density at radius 3 is 2.26 bits per heavy atom. The Labute approximate surface area is 425 Å². The summed E-state index contributed by atoms with van der Waals surface area (Å²) < 4.78 is 1.73. The first-order valence-electron chi connectivity index (χ1n) is 25.6. The summed E-state index contributed by atoms with van der Waals surface area (Å²) in [7, 11) is 0. The standard InChI is InChI=1S/C55H69N9O7S/c1-34-44-31-57-47(60-51(44)64(40-12-10-11-13-40)54(71)49(34)36(3)65)26-39-20-21-41(30-56-39)61-22-24-62(25-23-61)48(68)15-9-7-8-14-42(66)27-45(55(4,5)6)53(70)63-32-43(67)28-46(63)52(69)58-29-37-16-18-38(19-17-37)50-35(2)59-33-72-50/h16-21,30-31,33,40,43,45-46,67H,7-15,22-29,32H2,1-6H3,(H,58,69)/t43-,45-,46+/m1/s1.